The van der Waals surface area contributed by atoms with Gasteiger partial charge in [-0.05, 0) is 38.4 Å². The molecule has 1 N–H and O–H groups in total. The second-order valence-electron chi connectivity index (χ2n) is 8.57. The van der Waals surface area contributed by atoms with Gasteiger partial charge in [0.05, 0.1) is 10.7 Å². The zero-order chi connectivity index (χ0) is 22.9. The molecule has 5 rings (SSSR count). The number of hydrogen-bond donors (Lipinski definition) is 1. The van der Waals surface area contributed by atoms with Gasteiger partial charge < -0.3 is 24.4 Å². The lowest BCUT2D eigenvalue weighted by Crippen LogP contribution is -2.44. The van der Waals surface area contributed by atoms with E-state index < -0.39 is 0 Å². The highest BCUT2D eigenvalue weighted by atomic mass is 35.5. The standard InChI is InChI=1S/C24H27ClN6O2/c1-4-17-13-22(33-29-17)26-20-14-21(31-9-7-30(3)8-10-31)28-24(27-20)32-19-6-5-16-11-15(2)12-18(16)23(19)25/h5-6,12-14H,4,7-11H2,1-3H3,(H,26,27,28). The molecule has 8 nitrogen and oxygen atoms in total. The van der Waals surface area contributed by atoms with Gasteiger partial charge in [-0.25, -0.2) is 0 Å². The Hall–Kier alpha value is -3.10. The van der Waals surface area contributed by atoms with Crippen molar-refractivity contribution in [3.63, 3.8) is 0 Å². The maximum Gasteiger partial charge on any atom is 0.325 e. The Labute approximate surface area is 198 Å². The van der Waals surface area contributed by atoms with Crippen LogP contribution < -0.4 is 15.0 Å². The van der Waals surface area contributed by atoms with Crippen molar-refractivity contribution < 1.29 is 9.26 Å². The van der Waals surface area contributed by atoms with Gasteiger partial charge in [-0.15, -0.1) is 0 Å². The highest BCUT2D eigenvalue weighted by Crippen LogP contribution is 2.39. The first-order chi connectivity index (χ1) is 16.0. The Bertz CT molecular complexity index is 1200. The lowest BCUT2D eigenvalue weighted by Gasteiger charge is -2.33. The number of nitrogens with one attached hydrogen (secondary N) is 1. The molecule has 1 fully saturated rings. The van der Waals surface area contributed by atoms with Gasteiger partial charge in [0.1, 0.15) is 17.4 Å². The van der Waals surface area contributed by atoms with Gasteiger partial charge in [-0.3, -0.25) is 0 Å². The first-order valence-electron chi connectivity index (χ1n) is 11.2. The van der Waals surface area contributed by atoms with E-state index in [2.05, 4.69) is 45.3 Å². The lowest BCUT2D eigenvalue weighted by atomic mass is 10.1. The predicted octanol–water partition coefficient (Wildman–Crippen LogP) is 4.93. The Morgan fingerprint density at radius 2 is 1.97 bits per heavy atom. The van der Waals surface area contributed by atoms with E-state index in [4.69, 9.17) is 25.8 Å². The summed E-state index contributed by atoms with van der Waals surface area (Å²) in [6.45, 7) is 7.81. The summed E-state index contributed by atoms with van der Waals surface area (Å²) < 4.78 is 11.5. The minimum Gasteiger partial charge on any atom is -0.423 e. The number of nitrogens with zero attached hydrogens (tertiary/aromatic N) is 5. The number of piperazine rings is 1. The summed E-state index contributed by atoms with van der Waals surface area (Å²) in [6, 6.07) is 7.93. The molecule has 1 aliphatic carbocycles. The molecule has 1 aliphatic heterocycles. The number of halogens is 1. The third kappa shape index (κ3) is 4.67. The maximum absolute atomic E-state index is 6.68. The molecule has 0 saturated carbocycles. The van der Waals surface area contributed by atoms with Crippen LogP contribution in [-0.4, -0.2) is 53.3 Å². The number of likely N-dealkylation sites (N-methyl/N-ethyl adjacent to an activating group) is 1. The molecule has 3 heterocycles. The SMILES string of the molecule is CCc1cc(Nc2cc(N3CCN(C)CC3)nc(Oc3ccc4c(c3Cl)C=C(C)C4)n2)on1. The molecule has 0 unspecified atom stereocenters. The molecule has 9 heteroatoms. The molecule has 0 amide bonds. The highest BCUT2D eigenvalue weighted by molar-refractivity contribution is 6.33. The van der Waals surface area contributed by atoms with E-state index in [-0.39, 0.29) is 6.01 Å². The Balaban J connectivity index is 1.47. The molecule has 3 aromatic rings. The van der Waals surface area contributed by atoms with Crippen molar-refractivity contribution in [2.45, 2.75) is 26.7 Å². The van der Waals surface area contributed by atoms with Crippen LogP contribution in [0.3, 0.4) is 0 Å². The highest BCUT2D eigenvalue weighted by Gasteiger charge is 2.21. The summed E-state index contributed by atoms with van der Waals surface area (Å²) in [7, 11) is 2.13. The smallest absolute Gasteiger partial charge is 0.325 e. The summed E-state index contributed by atoms with van der Waals surface area (Å²) in [4.78, 5) is 13.8. The Kier molecular flexibility index (Phi) is 5.95. The van der Waals surface area contributed by atoms with Crippen LogP contribution in [0.25, 0.3) is 6.08 Å². The summed E-state index contributed by atoms with van der Waals surface area (Å²) in [6.07, 6.45) is 3.81. The van der Waals surface area contributed by atoms with E-state index in [1.54, 1.807) is 0 Å². The number of allylic oxidation sites excluding steroid dienone is 1. The molecule has 0 atom stereocenters. The molecular weight excluding hydrogens is 440 g/mol. The maximum atomic E-state index is 6.68. The number of hydrogen-bond acceptors (Lipinski definition) is 8. The van der Waals surface area contributed by atoms with Crippen molar-refractivity contribution in [1.82, 2.24) is 20.0 Å². The van der Waals surface area contributed by atoms with Crippen molar-refractivity contribution in [3.8, 4) is 11.8 Å². The first-order valence-corrected chi connectivity index (χ1v) is 11.6. The zero-order valence-electron chi connectivity index (χ0n) is 19.1. The van der Waals surface area contributed by atoms with Crippen LogP contribution in [0, 0.1) is 0 Å². The molecule has 0 bridgehead atoms. The Morgan fingerprint density at radius 1 is 1.15 bits per heavy atom. The number of aryl methyl sites for hydroxylation is 1. The van der Waals surface area contributed by atoms with Crippen LogP contribution in [0.4, 0.5) is 17.5 Å². The number of ether oxygens (including phenoxy) is 1. The fraction of sp³-hybridized carbons (Fsp3) is 0.375. The summed E-state index contributed by atoms with van der Waals surface area (Å²) in [5.74, 6) is 2.42. The third-order valence-electron chi connectivity index (χ3n) is 5.99. The van der Waals surface area contributed by atoms with E-state index >= 15 is 0 Å². The second kappa shape index (κ2) is 9.03. The van der Waals surface area contributed by atoms with Crippen molar-refractivity contribution >= 4 is 35.2 Å². The number of benzene rings is 1. The van der Waals surface area contributed by atoms with Crippen LogP contribution in [-0.2, 0) is 12.8 Å². The minimum absolute atomic E-state index is 0.227. The largest absolute Gasteiger partial charge is 0.423 e. The summed E-state index contributed by atoms with van der Waals surface area (Å²) >= 11 is 6.68. The topological polar surface area (TPSA) is 79.5 Å². The van der Waals surface area contributed by atoms with Crippen LogP contribution in [0.2, 0.25) is 5.02 Å². The van der Waals surface area contributed by atoms with Crippen molar-refractivity contribution in [2.24, 2.45) is 0 Å². The predicted molar refractivity (Wildman–Crippen MR) is 130 cm³/mol. The van der Waals surface area contributed by atoms with Gasteiger partial charge in [0.15, 0.2) is 0 Å². The van der Waals surface area contributed by atoms with Crippen molar-refractivity contribution in [3.05, 3.63) is 51.7 Å². The monoisotopic (exact) mass is 466 g/mol. The molecule has 0 radical (unpaired) electrons. The van der Waals surface area contributed by atoms with Crippen LogP contribution in [0.15, 0.2) is 34.4 Å². The number of fused-ring (bicyclic) bond motifs is 1. The quantitative estimate of drug-likeness (QED) is 0.548. The fourth-order valence-electron chi connectivity index (χ4n) is 4.08. The normalized spacial score (nSPS) is 16.0. The van der Waals surface area contributed by atoms with Crippen LogP contribution in [0.5, 0.6) is 11.8 Å². The molecule has 1 aromatic carbocycles. The van der Waals surface area contributed by atoms with Crippen molar-refractivity contribution in [1.29, 1.82) is 0 Å². The molecular formula is C24H27ClN6O2. The minimum atomic E-state index is 0.227. The fourth-order valence-corrected chi connectivity index (χ4v) is 4.36. The lowest BCUT2D eigenvalue weighted by molar-refractivity contribution is 0.311. The average Bonchev–Trinajstić information content (AvgIpc) is 3.42. The number of rotatable bonds is 6. The van der Waals surface area contributed by atoms with E-state index in [1.165, 1.54) is 11.1 Å². The van der Waals surface area contributed by atoms with E-state index in [9.17, 15) is 0 Å². The van der Waals surface area contributed by atoms with E-state index in [0.29, 0.717) is 22.5 Å². The van der Waals surface area contributed by atoms with Gasteiger partial charge in [0, 0.05) is 43.9 Å². The van der Waals surface area contributed by atoms with Gasteiger partial charge in [-0.1, -0.05) is 41.4 Å². The molecule has 33 heavy (non-hydrogen) atoms. The number of anilines is 3. The van der Waals surface area contributed by atoms with Crippen LogP contribution in [0.1, 0.15) is 30.7 Å². The molecule has 2 aromatic heterocycles. The average molecular weight is 467 g/mol. The summed E-state index contributed by atoms with van der Waals surface area (Å²) in [5.41, 5.74) is 4.36. The third-order valence-corrected chi connectivity index (χ3v) is 6.38. The Morgan fingerprint density at radius 3 is 2.73 bits per heavy atom. The molecule has 0 spiro atoms. The van der Waals surface area contributed by atoms with E-state index in [0.717, 1.165) is 56.1 Å². The number of aromatic nitrogens is 3. The molecule has 172 valence electrons. The summed E-state index contributed by atoms with van der Waals surface area (Å²) in [5, 5.41) is 7.82. The molecule has 2 aliphatic rings. The zero-order valence-corrected chi connectivity index (χ0v) is 19.8. The van der Waals surface area contributed by atoms with Gasteiger partial charge in [0.25, 0.3) is 0 Å². The molecule has 1 saturated heterocycles. The van der Waals surface area contributed by atoms with E-state index in [1.807, 2.05) is 31.2 Å². The van der Waals surface area contributed by atoms with Crippen LogP contribution >= 0.6 is 11.6 Å². The van der Waals surface area contributed by atoms with Gasteiger partial charge in [0.2, 0.25) is 5.88 Å². The van der Waals surface area contributed by atoms with Gasteiger partial charge in [-0.2, -0.15) is 9.97 Å². The van der Waals surface area contributed by atoms with Crippen molar-refractivity contribution in [2.75, 3.05) is 43.4 Å². The van der Waals surface area contributed by atoms with Gasteiger partial charge >= 0.3 is 6.01 Å². The first kappa shape index (κ1) is 21.7. The second-order valence-corrected chi connectivity index (χ2v) is 8.94.